The average molecular weight is 239 g/mol. The molecule has 3 aromatic rings. The molecule has 1 aromatic carbocycles. The summed E-state index contributed by atoms with van der Waals surface area (Å²) in [6, 6.07) is 12.1. The molecule has 2 heterocycles. The molecule has 0 radical (unpaired) electrons. The van der Waals surface area contributed by atoms with E-state index in [2.05, 4.69) is 33.6 Å². The SMILES string of the molecule is CCn1ccnc1C.c1ccc2ncccc2c1. The molecule has 0 aliphatic heterocycles. The van der Waals surface area contributed by atoms with Crippen LogP contribution < -0.4 is 0 Å². The van der Waals surface area contributed by atoms with Gasteiger partial charge in [0.1, 0.15) is 5.82 Å². The predicted molar refractivity (Wildman–Crippen MR) is 74.4 cm³/mol. The smallest absolute Gasteiger partial charge is 0.105 e. The Balaban J connectivity index is 0.000000138. The van der Waals surface area contributed by atoms with Gasteiger partial charge < -0.3 is 4.57 Å². The summed E-state index contributed by atoms with van der Waals surface area (Å²) in [6.07, 6.45) is 5.61. The van der Waals surface area contributed by atoms with E-state index in [-0.39, 0.29) is 0 Å². The lowest BCUT2D eigenvalue weighted by Gasteiger charge is -1.95. The summed E-state index contributed by atoms with van der Waals surface area (Å²) in [5, 5.41) is 1.20. The monoisotopic (exact) mass is 239 g/mol. The van der Waals surface area contributed by atoms with Crippen molar-refractivity contribution in [3.05, 3.63) is 60.8 Å². The summed E-state index contributed by atoms with van der Waals surface area (Å²) in [4.78, 5) is 8.23. The molecule has 3 nitrogen and oxygen atoms in total. The van der Waals surface area contributed by atoms with E-state index in [4.69, 9.17) is 0 Å². The van der Waals surface area contributed by atoms with Crippen LogP contribution in [0.25, 0.3) is 10.9 Å². The van der Waals surface area contributed by atoms with Gasteiger partial charge in [-0.25, -0.2) is 4.98 Å². The van der Waals surface area contributed by atoms with Crippen LogP contribution in [-0.2, 0) is 6.54 Å². The van der Waals surface area contributed by atoms with E-state index < -0.39 is 0 Å². The Labute approximate surface area is 107 Å². The van der Waals surface area contributed by atoms with Crippen molar-refractivity contribution in [1.82, 2.24) is 14.5 Å². The zero-order valence-corrected chi connectivity index (χ0v) is 10.7. The molecule has 0 aliphatic carbocycles. The fourth-order valence-corrected chi connectivity index (χ4v) is 1.75. The van der Waals surface area contributed by atoms with Gasteiger partial charge in [0.15, 0.2) is 0 Å². The van der Waals surface area contributed by atoms with Crippen LogP contribution in [-0.4, -0.2) is 14.5 Å². The van der Waals surface area contributed by atoms with E-state index in [0.717, 1.165) is 17.9 Å². The predicted octanol–water partition coefficient (Wildman–Crippen LogP) is 3.45. The third kappa shape index (κ3) is 2.94. The molecule has 0 fully saturated rings. The summed E-state index contributed by atoms with van der Waals surface area (Å²) in [5.74, 6) is 1.09. The largest absolute Gasteiger partial charge is 0.335 e. The van der Waals surface area contributed by atoms with Crippen LogP contribution in [0.5, 0.6) is 0 Å². The minimum atomic E-state index is 1.02. The first-order valence-corrected chi connectivity index (χ1v) is 6.08. The van der Waals surface area contributed by atoms with Crippen molar-refractivity contribution < 1.29 is 0 Å². The van der Waals surface area contributed by atoms with Crippen LogP contribution in [0.2, 0.25) is 0 Å². The molecule has 3 rings (SSSR count). The summed E-state index contributed by atoms with van der Waals surface area (Å²) < 4.78 is 2.10. The van der Waals surface area contributed by atoms with Gasteiger partial charge in [0.05, 0.1) is 5.52 Å². The van der Waals surface area contributed by atoms with Gasteiger partial charge in [0, 0.05) is 30.5 Å². The Morgan fingerprint density at radius 3 is 2.39 bits per heavy atom. The highest BCUT2D eigenvalue weighted by atomic mass is 15.0. The molecule has 18 heavy (non-hydrogen) atoms. The number of imidazole rings is 1. The Morgan fingerprint density at radius 1 is 1.00 bits per heavy atom. The van der Waals surface area contributed by atoms with Crippen molar-refractivity contribution >= 4 is 10.9 Å². The van der Waals surface area contributed by atoms with E-state index in [1.165, 1.54) is 5.39 Å². The highest BCUT2D eigenvalue weighted by Crippen LogP contribution is 2.07. The molecular formula is C15H17N3. The molecule has 92 valence electrons. The lowest BCUT2D eigenvalue weighted by molar-refractivity contribution is 0.730. The second-order valence-electron chi connectivity index (χ2n) is 3.96. The quantitative estimate of drug-likeness (QED) is 0.651. The molecule has 2 aromatic heterocycles. The first-order valence-electron chi connectivity index (χ1n) is 6.08. The fraction of sp³-hybridized carbons (Fsp3) is 0.200. The first kappa shape index (κ1) is 12.3. The molecule has 0 aliphatic rings. The number of aromatic nitrogens is 3. The Kier molecular flexibility index (Phi) is 4.07. The van der Waals surface area contributed by atoms with Gasteiger partial charge in [-0.2, -0.15) is 0 Å². The maximum atomic E-state index is 4.18. The highest BCUT2D eigenvalue weighted by molar-refractivity contribution is 5.77. The molecule has 0 saturated heterocycles. The number of aryl methyl sites for hydroxylation is 2. The maximum absolute atomic E-state index is 4.18. The Bertz CT molecular complexity index is 548. The van der Waals surface area contributed by atoms with E-state index in [1.807, 2.05) is 49.8 Å². The van der Waals surface area contributed by atoms with Crippen molar-refractivity contribution in [2.45, 2.75) is 20.4 Å². The molecule has 0 bridgehead atoms. The normalized spacial score (nSPS) is 9.89. The molecular weight excluding hydrogens is 222 g/mol. The molecule has 0 unspecified atom stereocenters. The third-order valence-electron chi connectivity index (χ3n) is 2.78. The van der Waals surface area contributed by atoms with Crippen LogP contribution in [0.15, 0.2) is 55.0 Å². The number of rotatable bonds is 1. The lowest BCUT2D eigenvalue weighted by Crippen LogP contribution is -1.93. The minimum absolute atomic E-state index is 1.02. The number of benzene rings is 1. The number of pyridine rings is 1. The first-order chi connectivity index (χ1) is 8.81. The van der Waals surface area contributed by atoms with Crippen LogP contribution in [0.1, 0.15) is 12.7 Å². The maximum Gasteiger partial charge on any atom is 0.105 e. The van der Waals surface area contributed by atoms with Crippen molar-refractivity contribution in [3.63, 3.8) is 0 Å². The van der Waals surface area contributed by atoms with Gasteiger partial charge in [0.2, 0.25) is 0 Å². The second kappa shape index (κ2) is 5.96. The average Bonchev–Trinajstić information content (AvgIpc) is 2.85. The van der Waals surface area contributed by atoms with E-state index >= 15 is 0 Å². The van der Waals surface area contributed by atoms with Crippen LogP contribution in [0.4, 0.5) is 0 Å². The zero-order chi connectivity index (χ0) is 12.8. The lowest BCUT2D eigenvalue weighted by atomic mass is 10.2. The topological polar surface area (TPSA) is 30.7 Å². The zero-order valence-electron chi connectivity index (χ0n) is 10.7. The van der Waals surface area contributed by atoms with Crippen LogP contribution in [0, 0.1) is 6.92 Å². The van der Waals surface area contributed by atoms with Gasteiger partial charge in [0.25, 0.3) is 0 Å². The molecule has 0 N–H and O–H groups in total. The van der Waals surface area contributed by atoms with Crippen molar-refractivity contribution in [3.8, 4) is 0 Å². The van der Waals surface area contributed by atoms with E-state index in [0.29, 0.717) is 0 Å². The Hall–Kier alpha value is -2.16. The highest BCUT2D eigenvalue weighted by Gasteiger charge is 1.88. The number of hydrogen-bond acceptors (Lipinski definition) is 2. The Morgan fingerprint density at radius 2 is 1.78 bits per heavy atom. The van der Waals surface area contributed by atoms with Crippen molar-refractivity contribution in [1.29, 1.82) is 0 Å². The molecule has 0 saturated carbocycles. The number of hydrogen-bond donors (Lipinski definition) is 0. The molecule has 3 heteroatoms. The molecule has 0 amide bonds. The molecule has 0 atom stereocenters. The standard InChI is InChI=1S/C9H7N.C6H10N2/c1-2-6-9-8(4-1)5-3-7-10-9;1-3-8-5-4-7-6(8)2/h1-7H;4-5H,3H2,1-2H3. The minimum Gasteiger partial charge on any atom is -0.335 e. The van der Waals surface area contributed by atoms with E-state index in [9.17, 15) is 0 Å². The van der Waals surface area contributed by atoms with Gasteiger partial charge in [-0.05, 0) is 26.0 Å². The molecule has 0 spiro atoms. The summed E-state index contributed by atoms with van der Waals surface area (Å²) in [6.45, 7) is 5.13. The van der Waals surface area contributed by atoms with Crippen LogP contribution in [0.3, 0.4) is 0 Å². The van der Waals surface area contributed by atoms with Gasteiger partial charge in [-0.15, -0.1) is 0 Å². The van der Waals surface area contributed by atoms with Crippen molar-refractivity contribution in [2.75, 3.05) is 0 Å². The summed E-state index contributed by atoms with van der Waals surface area (Å²) in [5.41, 5.74) is 1.06. The van der Waals surface area contributed by atoms with E-state index in [1.54, 1.807) is 0 Å². The summed E-state index contributed by atoms with van der Waals surface area (Å²) >= 11 is 0. The van der Waals surface area contributed by atoms with Crippen LogP contribution >= 0.6 is 0 Å². The third-order valence-corrected chi connectivity index (χ3v) is 2.78. The second-order valence-corrected chi connectivity index (χ2v) is 3.96. The van der Waals surface area contributed by atoms with Gasteiger partial charge in [-0.3, -0.25) is 4.98 Å². The van der Waals surface area contributed by atoms with Gasteiger partial charge >= 0.3 is 0 Å². The fourth-order valence-electron chi connectivity index (χ4n) is 1.75. The number of fused-ring (bicyclic) bond motifs is 1. The number of para-hydroxylation sites is 1. The van der Waals surface area contributed by atoms with Gasteiger partial charge in [-0.1, -0.05) is 24.3 Å². The number of nitrogens with zero attached hydrogens (tertiary/aromatic N) is 3. The summed E-state index contributed by atoms with van der Waals surface area (Å²) in [7, 11) is 0. The van der Waals surface area contributed by atoms with Crippen molar-refractivity contribution in [2.24, 2.45) is 0 Å².